The number of ether oxygens (including phenoxy) is 2. The van der Waals surface area contributed by atoms with Crippen molar-refractivity contribution in [2.45, 2.75) is 38.0 Å². The molecule has 3 rings (SSSR count). The van der Waals surface area contributed by atoms with Gasteiger partial charge in [-0.3, -0.25) is 0 Å². The van der Waals surface area contributed by atoms with Gasteiger partial charge in [0.1, 0.15) is 6.61 Å². The Bertz CT molecular complexity index is 696. The molecular weight excluding hydrogens is 310 g/mol. The topological polar surface area (TPSA) is 85.6 Å². The van der Waals surface area contributed by atoms with Gasteiger partial charge < -0.3 is 24.5 Å². The van der Waals surface area contributed by atoms with Crippen molar-refractivity contribution in [3.8, 4) is 0 Å². The van der Waals surface area contributed by atoms with Crippen LogP contribution in [0.5, 0.6) is 0 Å². The number of hydrogen-bond donors (Lipinski definition) is 2. The number of aromatic nitrogens is 2. The predicted molar refractivity (Wildman–Crippen MR) is 88.7 cm³/mol. The maximum absolute atomic E-state index is 12.0. The lowest BCUT2D eigenvalue weighted by Crippen LogP contribution is -2.52. The molecule has 1 aromatic heterocycles. The van der Waals surface area contributed by atoms with E-state index in [1.165, 1.54) is 0 Å². The Morgan fingerprint density at radius 2 is 2.38 bits per heavy atom. The lowest BCUT2D eigenvalue weighted by molar-refractivity contribution is 0.0380. The molecule has 1 aliphatic heterocycles. The zero-order valence-electron chi connectivity index (χ0n) is 13.8. The molecule has 1 saturated heterocycles. The normalized spacial score (nSPS) is 20.0. The number of rotatable bonds is 6. The Hall–Kier alpha value is -2.12. The summed E-state index contributed by atoms with van der Waals surface area (Å²) in [5, 5.41) is 12.5. The molecule has 2 heterocycles. The summed E-state index contributed by atoms with van der Waals surface area (Å²) in [7, 11) is 0. The van der Waals surface area contributed by atoms with Gasteiger partial charge in [-0.05, 0) is 31.9 Å². The lowest BCUT2D eigenvalue weighted by Gasteiger charge is -2.29. The van der Waals surface area contributed by atoms with Crippen molar-refractivity contribution >= 4 is 17.1 Å². The molecule has 0 bridgehead atoms. The van der Waals surface area contributed by atoms with Crippen LogP contribution in [-0.4, -0.2) is 52.2 Å². The summed E-state index contributed by atoms with van der Waals surface area (Å²) in [5.41, 5.74) is 0.974. The van der Waals surface area contributed by atoms with Crippen LogP contribution in [0.25, 0.3) is 11.0 Å². The fourth-order valence-corrected chi connectivity index (χ4v) is 2.87. The van der Waals surface area contributed by atoms with Gasteiger partial charge in [0.25, 0.3) is 0 Å². The third-order valence-corrected chi connectivity index (χ3v) is 4.22. The largest absolute Gasteiger partial charge is 0.447 e. The van der Waals surface area contributed by atoms with Crippen LogP contribution in [0, 0.1) is 0 Å². The van der Waals surface area contributed by atoms with E-state index in [0.29, 0.717) is 6.54 Å². The highest BCUT2D eigenvalue weighted by atomic mass is 16.6. The summed E-state index contributed by atoms with van der Waals surface area (Å²) in [4.78, 5) is 16.4. The first-order valence-corrected chi connectivity index (χ1v) is 8.17. The maximum atomic E-state index is 12.0. The first-order chi connectivity index (χ1) is 11.6. The molecule has 24 heavy (non-hydrogen) atoms. The van der Waals surface area contributed by atoms with Crippen LogP contribution in [0.2, 0.25) is 0 Å². The third kappa shape index (κ3) is 3.85. The van der Waals surface area contributed by atoms with Gasteiger partial charge in [0.05, 0.1) is 35.6 Å². The van der Waals surface area contributed by atoms with E-state index in [-0.39, 0.29) is 19.3 Å². The zero-order valence-corrected chi connectivity index (χ0v) is 13.8. The molecule has 1 aromatic carbocycles. The molecule has 1 amide bonds. The van der Waals surface area contributed by atoms with Gasteiger partial charge in [0.2, 0.25) is 0 Å². The summed E-state index contributed by atoms with van der Waals surface area (Å²) in [6, 6.07) is 7.73. The monoisotopic (exact) mass is 333 g/mol. The number of nitrogens with zero attached hydrogens (tertiary/aromatic N) is 2. The second-order valence-electron chi connectivity index (χ2n) is 6.44. The van der Waals surface area contributed by atoms with E-state index < -0.39 is 11.6 Å². The number of para-hydroxylation sites is 2. The molecule has 2 aromatic rings. The van der Waals surface area contributed by atoms with Crippen molar-refractivity contribution in [3.63, 3.8) is 0 Å². The fourth-order valence-electron chi connectivity index (χ4n) is 2.87. The number of aliphatic hydroxyl groups is 1. The van der Waals surface area contributed by atoms with Crippen LogP contribution in [0.4, 0.5) is 4.79 Å². The quantitative estimate of drug-likeness (QED) is 0.840. The number of benzene rings is 1. The molecular formula is C17H23N3O4. The van der Waals surface area contributed by atoms with Gasteiger partial charge in [-0.2, -0.15) is 0 Å². The van der Waals surface area contributed by atoms with Gasteiger partial charge >= 0.3 is 6.09 Å². The van der Waals surface area contributed by atoms with Gasteiger partial charge in [0, 0.05) is 13.2 Å². The first kappa shape index (κ1) is 16.7. The average molecular weight is 333 g/mol. The molecule has 0 aliphatic carbocycles. The summed E-state index contributed by atoms with van der Waals surface area (Å²) in [5.74, 6) is 0. The van der Waals surface area contributed by atoms with Crippen LogP contribution in [0.1, 0.15) is 19.8 Å². The van der Waals surface area contributed by atoms with Gasteiger partial charge in [-0.1, -0.05) is 12.1 Å². The van der Waals surface area contributed by atoms with Crippen LogP contribution >= 0.6 is 0 Å². The standard InChI is InChI=1S/C17H23N3O4/c1-17(11-21,19-16(22)24-9-13-5-4-8-23-13)10-20-12-18-14-6-2-3-7-15(14)20/h2-3,6-7,12-13,21H,4-5,8-11H2,1H3,(H,19,22). The van der Waals surface area contributed by atoms with Crippen molar-refractivity contribution in [3.05, 3.63) is 30.6 Å². The minimum Gasteiger partial charge on any atom is -0.447 e. The molecule has 130 valence electrons. The molecule has 0 saturated carbocycles. The molecule has 2 N–H and O–H groups in total. The predicted octanol–water partition coefficient (Wildman–Crippen LogP) is 1.69. The molecule has 0 spiro atoms. The smallest absolute Gasteiger partial charge is 0.407 e. The Morgan fingerprint density at radius 1 is 1.54 bits per heavy atom. The van der Waals surface area contributed by atoms with E-state index in [4.69, 9.17) is 9.47 Å². The van der Waals surface area contributed by atoms with Crippen molar-refractivity contribution in [1.29, 1.82) is 0 Å². The number of nitrogens with one attached hydrogen (secondary N) is 1. The highest BCUT2D eigenvalue weighted by Gasteiger charge is 2.28. The third-order valence-electron chi connectivity index (χ3n) is 4.22. The number of fused-ring (bicyclic) bond motifs is 1. The van der Waals surface area contributed by atoms with Gasteiger partial charge in [-0.25, -0.2) is 9.78 Å². The molecule has 1 fully saturated rings. The zero-order chi connectivity index (χ0) is 17.0. The number of imidazole rings is 1. The maximum Gasteiger partial charge on any atom is 0.407 e. The van der Waals surface area contributed by atoms with Crippen molar-refractivity contribution in [2.75, 3.05) is 19.8 Å². The molecule has 2 unspecified atom stereocenters. The van der Waals surface area contributed by atoms with E-state index in [2.05, 4.69) is 10.3 Å². The summed E-state index contributed by atoms with van der Waals surface area (Å²) in [6.07, 6.45) is 3.04. The Kier molecular flexibility index (Phi) is 5.01. The second kappa shape index (κ2) is 7.19. The molecule has 1 aliphatic rings. The first-order valence-electron chi connectivity index (χ1n) is 8.17. The Labute approximate surface area is 140 Å². The number of amides is 1. The SMILES string of the molecule is CC(CO)(Cn1cnc2ccccc21)NC(=O)OCC1CCCO1. The molecule has 2 atom stereocenters. The van der Waals surface area contributed by atoms with Crippen molar-refractivity contribution in [2.24, 2.45) is 0 Å². The van der Waals surface area contributed by atoms with E-state index in [1.54, 1.807) is 13.3 Å². The average Bonchev–Trinajstić information content (AvgIpc) is 3.23. The summed E-state index contributed by atoms with van der Waals surface area (Å²) >= 11 is 0. The second-order valence-corrected chi connectivity index (χ2v) is 6.44. The van der Waals surface area contributed by atoms with Gasteiger partial charge in [-0.15, -0.1) is 0 Å². The van der Waals surface area contributed by atoms with Crippen molar-refractivity contribution < 1.29 is 19.4 Å². The lowest BCUT2D eigenvalue weighted by atomic mass is 10.0. The van der Waals surface area contributed by atoms with Crippen LogP contribution < -0.4 is 5.32 Å². The Balaban J connectivity index is 1.61. The number of aliphatic hydroxyl groups excluding tert-OH is 1. The number of alkyl carbamates (subject to hydrolysis) is 1. The van der Waals surface area contributed by atoms with E-state index in [1.807, 2.05) is 28.8 Å². The minimum absolute atomic E-state index is 0.0197. The van der Waals surface area contributed by atoms with Crippen LogP contribution in [-0.2, 0) is 16.0 Å². The highest BCUT2D eigenvalue weighted by molar-refractivity contribution is 5.75. The number of carbonyl (C=O) groups is 1. The van der Waals surface area contributed by atoms with Crippen molar-refractivity contribution in [1.82, 2.24) is 14.9 Å². The minimum atomic E-state index is -0.850. The highest BCUT2D eigenvalue weighted by Crippen LogP contribution is 2.16. The van der Waals surface area contributed by atoms with E-state index in [9.17, 15) is 9.90 Å². The number of carbonyl (C=O) groups excluding carboxylic acids is 1. The van der Waals surface area contributed by atoms with Gasteiger partial charge in [0.15, 0.2) is 0 Å². The Morgan fingerprint density at radius 3 is 3.12 bits per heavy atom. The molecule has 0 radical (unpaired) electrons. The molecule has 7 heteroatoms. The molecule has 7 nitrogen and oxygen atoms in total. The van der Waals surface area contributed by atoms with Crippen LogP contribution in [0.3, 0.4) is 0 Å². The van der Waals surface area contributed by atoms with E-state index in [0.717, 1.165) is 30.5 Å². The number of hydrogen-bond acceptors (Lipinski definition) is 5. The summed E-state index contributed by atoms with van der Waals surface area (Å²) in [6.45, 7) is 2.90. The summed E-state index contributed by atoms with van der Waals surface area (Å²) < 4.78 is 12.6. The van der Waals surface area contributed by atoms with E-state index >= 15 is 0 Å². The van der Waals surface area contributed by atoms with Crippen LogP contribution in [0.15, 0.2) is 30.6 Å². The fraction of sp³-hybridized carbons (Fsp3) is 0.529.